The van der Waals surface area contributed by atoms with Gasteiger partial charge in [0.2, 0.25) is 5.89 Å². The third kappa shape index (κ3) is 2.36. The Bertz CT molecular complexity index is 1140. The molecule has 1 unspecified atom stereocenters. The van der Waals surface area contributed by atoms with Gasteiger partial charge in [-0.05, 0) is 31.0 Å². The molecule has 2 aliphatic rings. The van der Waals surface area contributed by atoms with Gasteiger partial charge in [-0.15, -0.1) is 5.10 Å². The van der Waals surface area contributed by atoms with Crippen LogP contribution in [0.2, 0.25) is 5.15 Å². The summed E-state index contributed by atoms with van der Waals surface area (Å²) in [5, 5.41) is 13.9. The molecule has 0 amide bonds. The molecule has 136 valence electrons. The second-order valence-electron chi connectivity index (χ2n) is 7.06. The minimum absolute atomic E-state index is 0.205. The average Bonchev–Trinajstić information content (AvgIpc) is 3.11. The Morgan fingerprint density at radius 1 is 1.22 bits per heavy atom. The third-order valence-electron chi connectivity index (χ3n) is 5.27. The van der Waals surface area contributed by atoms with E-state index in [0.717, 1.165) is 54.3 Å². The van der Waals surface area contributed by atoms with Crippen molar-refractivity contribution in [2.45, 2.75) is 31.2 Å². The van der Waals surface area contributed by atoms with Gasteiger partial charge in [0, 0.05) is 24.6 Å². The van der Waals surface area contributed by atoms with Gasteiger partial charge in [-0.2, -0.15) is 5.10 Å². The maximum atomic E-state index is 6.31. The Morgan fingerprint density at radius 2 is 2.15 bits per heavy atom. The van der Waals surface area contributed by atoms with Crippen LogP contribution in [-0.2, 0) is 6.42 Å². The number of rotatable bonds is 3. The highest BCUT2D eigenvalue weighted by molar-refractivity contribution is 6.29. The number of nitrogens with zero attached hydrogens (tertiary/aromatic N) is 6. The number of anilines is 1. The van der Waals surface area contributed by atoms with Gasteiger partial charge < -0.3 is 14.3 Å². The number of imidazole rings is 1. The van der Waals surface area contributed by atoms with Crippen molar-refractivity contribution < 1.29 is 4.42 Å². The predicted octanol–water partition coefficient (Wildman–Crippen LogP) is 3.12. The number of aromatic nitrogens is 6. The van der Waals surface area contributed by atoms with Gasteiger partial charge in [-0.1, -0.05) is 22.8 Å². The zero-order valence-electron chi connectivity index (χ0n) is 14.3. The van der Waals surface area contributed by atoms with Crippen LogP contribution in [0.15, 0.2) is 35.0 Å². The van der Waals surface area contributed by atoms with E-state index in [-0.39, 0.29) is 6.04 Å². The Kier molecular flexibility index (Phi) is 3.13. The van der Waals surface area contributed by atoms with Crippen molar-refractivity contribution in [3.63, 3.8) is 0 Å². The predicted molar refractivity (Wildman–Crippen MR) is 98.0 cm³/mol. The largest absolute Gasteiger partial charge is 0.408 e. The molecule has 4 aromatic heterocycles. The van der Waals surface area contributed by atoms with E-state index in [1.54, 1.807) is 10.8 Å². The quantitative estimate of drug-likeness (QED) is 0.548. The standard InChI is InChI=1S/C18H16ClN7O/c19-14-3-1-2-11-8-13(24-26(11)14)16-15-12(20-9-21-15)6-7-25(16)18-23-22-17(27-18)10-4-5-10/h1-3,8-10,16H,4-7H2,(H,20,21). The molecule has 0 aromatic carbocycles. The third-order valence-corrected chi connectivity index (χ3v) is 5.55. The van der Waals surface area contributed by atoms with E-state index in [1.807, 2.05) is 24.3 Å². The molecule has 27 heavy (non-hydrogen) atoms. The molecular formula is C18H16ClN7O. The van der Waals surface area contributed by atoms with Crippen molar-refractivity contribution in [2.24, 2.45) is 0 Å². The maximum absolute atomic E-state index is 6.31. The molecule has 0 radical (unpaired) electrons. The van der Waals surface area contributed by atoms with E-state index in [2.05, 4.69) is 25.1 Å². The first-order chi connectivity index (χ1) is 13.3. The van der Waals surface area contributed by atoms with Gasteiger partial charge in [0.25, 0.3) is 0 Å². The van der Waals surface area contributed by atoms with E-state index in [9.17, 15) is 0 Å². The lowest BCUT2D eigenvalue weighted by molar-refractivity contribution is 0.463. The van der Waals surface area contributed by atoms with Gasteiger partial charge in [-0.25, -0.2) is 9.50 Å². The number of hydrogen-bond donors (Lipinski definition) is 1. The molecule has 1 atom stereocenters. The highest BCUT2D eigenvalue weighted by Gasteiger charge is 2.37. The van der Waals surface area contributed by atoms with Crippen LogP contribution in [0.25, 0.3) is 5.52 Å². The second-order valence-corrected chi connectivity index (χ2v) is 7.45. The smallest absolute Gasteiger partial charge is 0.319 e. The zero-order chi connectivity index (χ0) is 18.0. The highest BCUT2D eigenvalue weighted by atomic mass is 35.5. The van der Waals surface area contributed by atoms with Crippen LogP contribution in [0.1, 0.15) is 47.8 Å². The molecule has 1 saturated carbocycles. The van der Waals surface area contributed by atoms with Crippen LogP contribution in [0.5, 0.6) is 0 Å². The molecule has 5 heterocycles. The van der Waals surface area contributed by atoms with Crippen LogP contribution in [-0.4, -0.2) is 36.3 Å². The summed E-state index contributed by atoms with van der Waals surface area (Å²) in [5.41, 5.74) is 3.83. The fraction of sp³-hybridized carbons (Fsp3) is 0.333. The Balaban J connectivity index is 1.49. The van der Waals surface area contributed by atoms with E-state index in [0.29, 0.717) is 17.1 Å². The number of fused-ring (bicyclic) bond motifs is 2. The fourth-order valence-corrected chi connectivity index (χ4v) is 3.96. The van der Waals surface area contributed by atoms with Crippen molar-refractivity contribution >= 4 is 23.1 Å². The first kappa shape index (κ1) is 15.2. The molecule has 1 fully saturated rings. The first-order valence-electron chi connectivity index (χ1n) is 9.04. The lowest BCUT2D eigenvalue weighted by Gasteiger charge is -2.32. The summed E-state index contributed by atoms with van der Waals surface area (Å²) in [4.78, 5) is 9.91. The topological polar surface area (TPSA) is 88.1 Å². The van der Waals surface area contributed by atoms with E-state index in [1.165, 1.54) is 0 Å². The summed E-state index contributed by atoms with van der Waals surface area (Å²) in [5.74, 6) is 1.15. The van der Waals surface area contributed by atoms with Crippen LogP contribution in [0.3, 0.4) is 0 Å². The maximum Gasteiger partial charge on any atom is 0.319 e. The molecule has 1 aliphatic heterocycles. The van der Waals surface area contributed by atoms with Gasteiger partial charge in [0.05, 0.1) is 23.2 Å². The number of pyridine rings is 1. The van der Waals surface area contributed by atoms with Gasteiger partial charge >= 0.3 is 6.01 Å². The number of aromatic amines is 1. The van der Waals surface area contributed by atoms with E-state index >= 15 is 0 Å². The molecule has 0 saturated heterocycles. The average molecular weight is 382 g/mol. The minimum atomic E-state index is -0.205. The zero-order valence-corrected chi connectivity index (χ0v) is 15.1. The number of hydrogen-bond acceptors (Lipinski definition) is 6. The number of halogens is 1. The van der Waals surface area contributed by atoms with Crippen molar-refractivity contribution in [1.82, 2.24) is 29.8 Å². The highest BCUT2D eigenvalue weighted by Crippen LogP contribution is 2.42. The van der Waals surface area contributed by atoms with Crippen molar-refractivity contribution in [3.05, 3.63) is 58.7 Å². The van der Waals surface area contributed by atoms with E-state index < -0.39 is 0 Å². The molecule has 8 nitrogen and oxygen atoms in total. The Hall–Kier alpha value is -2.87. The molecular weight excluding hydrogens is 366 g/mol. The lowest BCUT2D eigenvalue weighted by Crippen LogP contribution is -2.37. The summed E-state index contributed by atoms with van der Waals surface area (Å²) >= 11 is 6.31. The number of nitrogens with one attached hydrogen (secondary N) is 1. The van der Waals surface area contributed by atoms with Crippen LogP contribution >= 0.6 is 11.6 Å². The summed E-state index contributed by atoms with van der Waals surface area (Å²) in [6, 6.07) is 8.08. The molecule has 1 N–H and O–H groups in total. The Labute approximate surface area is 159 Å². The number of H-pyrrole nitrogens is 1. The van der Waals surface area contributed by atoms with Crippen molar-refractivity contribution in [1.29, 1.82) is 0 Å². The molecule has 0 spiro atoms. The summed E-state index contributed by atoms with van der Waals surface area (Å²) in [6.45, 7) is 0.744. The monoisotopic (exact) mass is 381 g/mol. The SMILES string of the molecule is Clc1cccc2cc(C3c4nc[nH]c4CCN3c3nnc(C4CC4)o3)nn12. The van der Waals surface area contributed by atoms with Crippen molar-refractivity contribution in [2.75, 3.05) is 11.4 Å². The second kappa shape index (κ2) is 5.56. The fourth-order valence-electron chi connectivity index (χ4n) is 3.75. The molecule has 0 bridgehead atoms. The normalized spacial score (nSPS) is 19.6. The van der Waals surface area contributed by atoms with Gasteiger partial charge in [-0.3, -0.25) is 0 Å². The van der Waals surface area contributed by atoms with E-state index in [4.69, 9.17) is 21.1 Å². The molecule has 6 rings (SSSR count). The van der Waals surface area contributed by atoms with Gasteiger partial charge in [0.1, 0.15) is 11.2 Å². The van der Waals surface area contributed by atoms with Gasteiger partial charge in [0.15, 0.2) is 0 Å². The Morgan fingerprint density at radius 3 is 3.00 bits per heavy atom. The summed E-state index contributed by atoms with van der Waals surface area (Å²) < 4.78 is 7.73. The first-order valence-corrected chi connectivity index (χ1v) is 9.42. The van der Waals surface area contributed by atoms with Crippen LogP contribution in [0, 0.1) is 0 Å². The lowest BCUT2D eigenvalue weighted by atomic mass is 10.0. The van der Waals surface area contributed by atoms with Crippen LogP contribution < -0.4 is 4.90 Å². The van der Waals surface area contributed by atoms with Crippen molar-refractivity contribution in [3.8, 4) is 0 Å². The summed E-state index contributed by atoms with van der Waals surface area (Å²) in [6.07, 6.45) is 4.81. The van der Waals surface area contributed by atoms with Crippen LogP contribution in [0.4, 0.5) is 6.01 Å². The minimum Gasteiger partial charge on any atom is -0.408 e. The molecule has 9 heteroatoms. The molecule has 1 aliphatic carbocycles. The summed E-state index contributed by atoms with van der Waals surface area (Å²) in [7, 11) is 0. The molecule has 4 aromatic rings.